The summed E-state index contributed by atoms with van der Waals surface area (Å²) in [7, 11) is 1.31. The molecule has 0 aliphatic heterocycles. The first-order valence-electron chi connectivity index (χ1n) is 11.2. The number of benzene rings is 1. The van der Waals surface area contributed by atoms with E-state index in [2.05, 4.69) is 35.7 Å². The third-order valence-electron chi connectivity index (χ3n) is 6.36. The van der Waals surface area contributed by atoms with E-state index in [-0.39, 0.29) is 17.4 Å². The average Bonchev–Trinajstić information content (AvgIpc) is 2.77. The Labute approximate surface area is 193 Å². The summed E-state index contributed by atoms with van der Waals surface area (Å²) < 4.78 is 3.86. The second-order valence-electron chi connectivity index (χ2n) is 9.80. The lowest BCUT2D eigenvalue weighted by molar-refractivity contribution is -0.126. The fourth-order valence-corrected chi connectivity index (χ4v) is 3.57. The number of rotatable bonds is 6. The SMILES string of the molecule is CC(NC(=O)c1ccc(C#CC(C)(C)C2CCC(CO)CC2)cc1)C(C)(C)N.COC=O. The quantitative estimate of drug-likeness (QED) is 0.460. The van der Waals surface area contributed by atoms with Crippen LogP contribution in [-0.2, 0) is 9.53 Å². The first-order chi connectivity index (χ1) is 14.9. The van der Waals surface area contributed by atoms with E-state index >= 15 is 0 Å². The van der Waals surface area contributed by atoms with Crippen molar-refractivity contribution in [2.24, 2.45) is 23.0 Å². The number of carbonyl (C=O) groups is 2. The van der Waals surface area contributed by atoms with Crippen molar-refractivity contribution in [3.05, 3.63) is 35.4 Å². The molecule has 178 valence electrons. The highest BCUT2D eigenvalue weighted by molar-refractivity contribution is 5.94. The van der Waals surface area contributed by atoms with Crippen molar-refractivity contribution in [1.82, 2.24) is 5.32 Å². The lowest BCUT2D eigenvalue weighted by Gasteiger charge is -2.35. The molecule has 1 atom stereocenters. The Balaban J connectivity index is 0.00000118. The standard InChI is InChI=1S/C24H36N2O2.C2H4O2/c1-17(24(4,5)25)26-22(28)20-10-6-18(7-11-20)14-15-23(2,3)21-12-8-19(16-27)9-13-21;1-4-2-3/h6-7,10-11,17,19,21,27H,8-9,12-13,16,25H2,1-5H3,(H,26,28);2H,1H3. The normalized spacial score (nSPS) is 19.4. The summed E-state index contributed by atoms with van der Waals surface area (Å²) in [5.74, 6) is 7.65. The van der Waals surface area contributed by atoms with E-state index in [4.69, 9.17) is 10.5 Å². The van der Waals surface area contributed by atoms with E-state index in [1.54, 1.807) is 0 Å². The summed E-state index contributed by atoms with van der Waals surface area (Å²) in [6, 6.07) is 7.31. The smallest absolute Gasteiger partial charge is 0.292 e. The van der Waals surface area contributed by atoms with Crippen LogP contribution in [0.25, 0.3) is 0 Å². The Hall–Kier alpha value is -2.36. The van der Waals surface area contributed by atoms with Crippen LogP contribution in [-0.4, -0.2) is 42.8 Å². The Bertz CT molecular complexity index is 777. The number of amides is 1. The third kappa shape index (κ3) is 9.02. The zero-order valence-corrected chi connectivity index (χ0v) is 20.4. The van der Waals surface area contributed by atoms with Crippen LogP contribution in [0.1, 0.15) is 76.2 Å². The summed E-state index contributed by atoms with van der Waals surface area (Å²) in [5, 5.41) is 12.3. The molecule has 1 amide bonds. The molecule has 1 aromatic rings. The molecular formula is C26H40N2O4. The number of aliphatic hydroxyl groups excluding tert-OH is 1. The molecule has 1 aromatic carbocycles. The van der Waals surface area contributed by atoms with Gasteiger partial charge in [-0.1, -0.05) is 11.8 Å². The number of carbonyl (C=O) groups excluding carboxylic acids is 2. The summed E-state index contributed by atoms with van der Waals surface area (Å²) in [4.78, 5) is 21.3. The molecule has 0 saturated heterocycles. The highest BCUT2D eigenvalue weighted by Crippen LogP contribution is 2.39. The number of ether oxygens (including phenoxy) is 1. The number of aliphatic hydroxyl groups is 1. The van der Waals surface area contributed by atoms with Gasteiger partial charge in [-0.15, -0.1) is 0 Å². The summed E-state index contributed by atoms with van der Waals surface area (Å²) in [5.41, 5.74) is 7.05. The van der Waals surface area contributed by atoms with E-state index in [0.29, 0.717) is 30.5 Å². The fourth-order valence-electron chi connectivity index (χ4n) is 3.57. The molecule has 0 heterocycles. The molecule has 6 heteroatoms. The van der Waals surface area contributed by atoms with Crippen molar-refractivity contribution < 1.29 is 19.4 Å². The highest BCUT2D eigenvalue weighted by atomic mass is 16.5. The molecular weight excluding hydrogens is 404 g/mol. The van der Waals surface area contributed by atoms with Crippen molar-refractivity contribution in [3.8, 4) is 11.8 Å². The van der Waals surface area contributed by atoms with Crippen LogP contribution >= 0.6 is 0 Å². The Morgan fingerprint density at radius 2 is 1.75 bits per heavy atom. The molecule has 6 nitrogen and oxygen atoms in total. The fraction of sp³-hybridized carbons (Fsp3) is 0.615. The maximum absolute atomic E-state index is 12.4. The minimum atomic E-state index is -0.469. The van der Waals surface area contributed by atoms with Gasteiger partial charge < -0.3 is 20.9 Å². The number of methoxy groups -OCH3 is 1. The number of nitrogens with one attached hydrogen (secondary N) is 1. The van der Waals surface area contributed by atoms with Crippen molar-refractivity contribution in [2.45, 2.75) is 71.9 Å². The third-order valence-corrected chi connectivity index (χ3v) is 6.36. The molecule has 32 heavy (non-hydrogen) atoms. The van der Waals surface area contributed by atoms with E-state index in [9.17, 15) is 9.90 Å². The lowest BCUT2D eigenvalue weighted by atomic mass is 9.69. The second kappa shape index (κ2) is 12.6. The molecule has 0 aromatic heterocycles. The number of hydrogen-bond donors (Lipinski definition) is 3. The van der Waals surface area contributed by atoms with Crippen LogP contribution in [0.3, 0.4) is 0 Å². The first kappa shape index (κ1) is 27.7. The lowest BCUT2D eigenvalue weighted by Crippen LogP contribution is -2.52. The number of hydrogen-bond acceptors (Lipinski definition) is 5. The minimum Gasteiger partial charge on any atom is -0.471 e. The summed E-state index contributed by atoms with van der Waals surface area (Å²) in [6.45, 7) is 10.8. The molecule has 4 N–H and O–H groups in total. The van der Waals surface area contributed by atoms with Crippen LogP contribution in [0.5, 0.6) is 0 Å². The largest absolute Gasteiger partial charge is 0.471 e. The molecule has 0 bridgehead atoms. The molecule has 0 radical (unpaired) electrons. The zero-order chi connectivity index (χ0) is 24.4. The van der Waals surface area contributed by atoms with Crippen molar-refractivity contribution in [3.63, 3.8) is 0 Å². The first-order valence-corrected chi connectivity index (χ1v) is 11.2. The molecule has 1 saturated carbocycles. The van der Waals surface area contributed by atoms with Crippen LogP contribution in [0, 0.1) is 29.1 Å². The van der Waals surface area contributed by atoms with E-state index < -0.39 is 5.54 Å². The Morgan fingerprint density at radius 1 is 1.22 bits per heavy atom. The zero-order valence-electron chi connectivity index (χ0n) is 20.4. The molecule has 1 aliphatic rings. The maximum atomic E-state index is 12.4. The van der Waals surface area contributed by atoms with Crippen LogP contribution in [0.15, 0.2) is 24.3 Å². The molecule has 1 unspecified atom stereocenters. The number of nitrogens with two attached hydrogens (primary N) is 1. The minimum absolute atomic E-state index is 0.0569. The topological polar surface area (TPSA) is 102 Å². The van der Waals surface area contributed by atoms with Crippen LogP contribution in [0.2, 0.25) is 0 Å². The molecule has 1 fully saturated rings. The van der Waals surface area contributed by atoms with Gasteiger partial charge in [-0.2, -0.15) is 0 Å². The molecule has 0 spiro atoms. The van der Waals surface area contributed by atoms with E-state index in [1.165, 1.54) is 7.11 Å². The van der Waals surface area contributed by atoms with Crippen molar-refractivity contribution in [2.75, 3.05) is 13.7 Å². The second-order valence-corrected chi connectivity index (χ2v) is 9.80. The summed E-state index contributed by atoms with van der Waals surface area (Å²) in [6.07, 6.45) is 4.44. The molecule has 1 aliphatic carbocycles. The van der Waals surface area contributed by atoms with Gasteiger partial charge in [-0.25, -0.2) is 0 Å². The highest BCUT2D eigenvalue weighted by Gasteiger charge is 2.31. The average molecular weight is 445 g/mol. The Morgan fingerprint density at radius 3 is 2.19 bits per heavy atom. The van der Waals surface area contributed by atoms with Gasteiger partial charge >= 0.3 is 0 Å². The van der Waals surface area contributed by atoms with Crippen molar-refractivity contribution >= 4 is 12.4 Å². The Kier molecular flexibility index (Phi) is 10.9. The van der Waals surface area contributed by atoms with Gasteiger partial charge in [0.1, 0.15) is 0 Å². The predicted molar refractivity (Wildman–Crippen MR) is 128 cm³/mol. The van der Waals surface area contributed by atoms with Gasteiger partial charge in [-0.05, 0) is 96.4 Å². The van der Waals surface area contributed by atoms with Gasteiger partial charge in [0, 0.05) is 34.7 Å². The van der Waals surface area contributed by atoms with E-state index in [1.807, 2.05) is 45.0 Å². The van der Waals surface area contributed by atoms with Crippen LogP contribution in [0.4, 0.5) is 0 Å². The van der Waals surface area contributed by atoms with Crippen molar-refractivity contribution in [1.29, 1.82) is 0 Å². The summed E-state index contributed by atoms with van der Waals surface area (Å²) >= 11 is 0. The van der Waals surface area contributed by atoms with Crippen LogP contribution < -0.4 is 11.1 Å². The van der Waals surface area contributed by atoms with Gasteiger partial charge in [0.2, 0.25) is 0 Å². The predicted octanol–water partition coefficient (Wildman–Crippen LogP) is 3.51. The van der Waals surface area contributed by atoms with Gasteiger partial charge in [0.25, 0.3) is 12.4 Å². The maximum Gasteiger partial charge on any atom is 0.292 e. The molecule has 2 rings (SSSR count). The monoisotopic (exact) mass is 444 g/mol. The van der Waals surface area contributed by atoms with Gasteiger partial charge in [0.05, 0.1) is 7.11 Å². The van der Waals surface area contributed by atoms with Gasteiger partial charge in [0.15, 0.2) is 0 Å². The van der Waals surface area contributed by atoms with E-state index in [0.717, 1.165) is 31.2 Å². The van der Waals surface area contributed by atoms with Gasteiger partial charge in [-0.3, -0.25) is 9.59 Å².